The molecule has 0 atom stereocenters. The number of nitrogens with zero attached hydrogens (tertiary/aromatic N) is 2. The second-order valence-electron chi connectivity index (χ2n) is 21.3. The molecule has 4 aliphatic rings. The van der Waals surface area contributed by atoms with E-state index in [-0.39, 0.29) is 33.8 Å². The Hall–Kier alpha value is -3.99. The molecule has 57 heavy (non-hydrogen) atoms. The minimum atomic E-state index is 0.0608. The fourth-order valence-corrected chi connectivity index (χ4v) is 12.4. The molecular formula is C52H56BClN2S. The van der Waals surface area contributed by atoms with Gasteiger partial charge in [0.05, 0.1) is 5.69 Å². The lowest BCUT2D eigenvalue weighted by Crippen LogP contribution is -2.61. The second-order valence-corrected chi connectivity index (χ2v) is 22.8. The first-order valence-corrected chi connectivity index (χ1v) is 22.4. The molecule has 0 unspecified atom stereocenters. The molecule has 2 nitrogen and oxygen atoms in total. The lowest BCUT2D eigenvalue weighted by Gasteiger charge is -2.47. The second kappa shape index (κ2) is 12.0. The van der Waals surface area contributed by atoms with E-state index in [1.807, 2.05) is 11.3 Å². The van der Waals surface area contributed by atoms with E-state index in [4.69, 9.17) is 11.6 Å². The average Bonchev–Trinajstić information content (AvgIpc) is 3.53. The third-order valence-corrected chi connectivity index (χ3v) is 16.0. The summed E-state index contributed by atoms with van der Waals surface area (Å²) >= 11 is 9.39. The van der Waals surface area contributed by atoms with Gasteiger partial charge in [-0.05, 0) is 140 Å². The van der Waals surface area contributed by atoms with Crippen LogP contribution in [0.1, 0.15) is 130 Å². The van der Waals surface area contributed by atoms with E-state index in [0.29, 0.717) is 0 Å². The topological polar surface area (TPSA) is 6.48 Å². The summed E-state index contributed by atoms with van der Waals surface area (Å²) in [5, 5.41) is 2.06. The van der Waals surface area contributed by atoms with Crippen molar-refractivity contribution in [3.05, 3.63) is 124 Å². The maximum atomic E-state index is 7.41. The van der Waals surface area contributed by atoms with Gasteiger partial charge in [0.2, 0.25) is 0 Å². The van der Waals surface area contributed by atoms with Crippen LogP contribution in [-0.2, 0) is 27.1 Å². The summed E-state index contributed by atoms with van der Waals surface area (Å²) in [6.45, 7) is 26.5. The van der Waals surface area contributed by atoms with E-state index in [9.17, 15) is 0 Å². The molecule has 1 aromatic heterocycles. The number of hydrogen-bond donors (Lipinski definition) is 0. The number of anilines is 6. The van der Waals surface area contributed by atoms with Crippen molar-refractivity contribution in [3.8, 4) is 0 Å². The Bertz CT molecular complexity index is 2650. The molecule has 0 saturated carbocycles. The SMILES string of the molecule is CC(C)(C)c1ccc(N2c3cc(Cl)cc4c3B(c3cc5c(cc3N4c3ccc4c(c3)C(C)(C)CCC4(C)C)C(C)(C)CCC5(C)C)c3sc4ccccc4c32)cc1. The van der Waals surface area contributed by atoms with E-state index < -0.39 is 0 Å². The van der Waals surface area contributed by atoms with Gasteiger partial charge in [-0.25, -0.2) is 0 Å². The van der Waals surface area contributed by atoms with Crippen LogP contribution >= 0.6 is 22.9 Å². The van der Waals surface area contributed by atoms with E-state index in [1.54, 1.807) is 0 Å². The zero-order valence-corrected chi connectivity index (χ0v) is 37.3. The average molecular weight is 787 g/mol. The summed E-state index contributed by atoms with van der Waals surface area (Å²) < 4.78 is 2.73. The van der Waals surface area contributed by atoms with Gasteiger partial charge in [0.15, 0.2) is 0 Å². The fourth-order valence-electron chi connectivity index (χ4n) is 10.8. The Balaban J connectivity index is 1.32. The molecule has 10 rings (SSSR count). The number of thiophene rings is 1. The molecule has 0 fully saturated rings. The van der Waals surface area contributed by atoms with Crippen LogP contribution in [0.25, 0.3) is 10.1 Å². The normalized spacial score (nSPS) is 19.4. The number of fused-ring (bicyclic) bond motifs is 8. The first-order valence-electron chi connectivity index (χ1n) is 21.2. The van der Waals surface area contributed by atoms with Gasteiger partial charge in [0, 0.05) is 48.3 Å². The van der Waals surface area contributed by atoms with Crippen molar-refractivity contribution in [1.82, 2.24) is 0 Å². The van der Waals surface area contributed by atoms with Crippen molar-refractivity contribution in [2.45, 2.75) is 129 Å². The van der Waals surface area contributed by atoms with Gasteiger partial charge in [-0.2, -0.15) is 0 Å². The van der Waals surface area contributed by atoms with Crippen molar-refractivity contribution >= 4 is 89.6 Å². The van der Waals surface area contributed by atoms with Crippen LogP contribution in [0.3, 0.4) is 0 Å². The number of halogens is 1. The van der Waals surface area contributed by atoms with E-state index in [1.165, 1.54) is 113 Å². The van der Waals surface area contributed by atoms with Crippen molar-refractivity contribution in [2.75, 3.05) is 9.80 Å². The highest BCUT2D eigenvalue weighted by molar-refractivity contribution is 7.33. The summed E-state index contributed by atoms with van der Waals surface area (Å²) in [6, 6.07) is 35.5. The molecule has 0 amide bonds. The zero-order chi connectivity index (χ0) is 40.2. The minimum absolute atomic E-state index is 0.0608. The predicted octanol–water partition coefficient (Wildman–Crippen LogP) is 13.6. The van der Waals surface area contributed by atoms with E-state index in [2.05, 4.69) is 177 Å². The van der Waals surface area contributed by atoms with Gasteiger partial charge in [0.25, 0.3) is 6.71 Å². The van der Waals surface area contributed by atoms with Crippen LogP contribution in [-0.4, -0.2) is 6.71 Å². The number of benzene rings is 5. The predicted molar refractivity (Wildman–Crippen MR) is 250 cm³/mol. The summed E-state index contributed by atoms with van der Waals surface area (Å²) in [4.78, 5) is 5.14. The Morgan fingerprint density at radius 3 is 1.75 bits per heavy atom. The molecule has 3 heterocycles. The first-order chi connectivity index (χ1) is 26.8. The highest BCUT2D eigenvalue weighted by atomic mass is 35.5. The zero-order valence-electron chi connectivity index (χ0n) is 35.7. The van der Waals surface area contributed by atoms with Gasteiger partial charge >= 0.3 is 0 Å². The molecule has 6 aromatic rings. The first kappa shape index (κ1) is 37.3. The van der Waals surface area contributed by atoms with Gasteiger partial charge in [0.1, 0.15) is 0 Å². The lowest BCUT2D eigenvalue weighted by molar-refractivity contribution is 0.332. The monoisotopic (exact) mass is 786 g/mol. The summed E-state index contributed by atoms with van der Waals surface area (Å²) in [7, 11) is 0. The molecule has 290 valence electrons. The summed E-state index contributed by atoms with van der Waals surface area (Å²) in [5.74, 6) is 0. The van der Waals surface area contributed by atoms with E-state index in [0.717, 1.165) is 5.02 Å². The van der Waals surface area contributed by atoms with Crippen LogP contribution in [0.4, 0.5) is 34.1 Å². The molecule has 0 radical (unpaired) electrons. The molecule has 0 saturated heterocycles. The standard InChI is InChI=1S/C52H56BClN2S/c1-48(2,3)31-16-18-33(19-17-31)56-43-27-32(54)26-42-45(43)53(47-46(56)35-14-12-13-15-44(35)57-47)40-29-38-39(52(10,11)25-24-51(38,8)9)30-41(40)55(42)34-20-21-36-37(28-34)50(6,7)23-22-49(36,4)5/h12-21,26-30H,22-25H2,1-11H3. The van der Waals surface area contributed by atoms with Gasteiger partial charge in [-0.3, -0.25) is 0 Å². The molecule has 5 heteroatoms. The van der Waals surface area contributed by atoms with Crippen molar-refractivity contribution in [3.63, 3.8) is 0 Å². The maximum absolute atomic E-state index is 7.41. The summed E-state index contributed by atoms with van der Waals surface area (Å²) in [6.07, 6.45) is 4.73. The van der Waals surface area contributed by atoms with Gasteiger partial charge < -0.3 is 9.80 Å². The molecule has 2 aliphatic heterocycles. The quantitative estimate of drug-likeness (QED) is 0.161. The largest absolute Gasteiger partial charge is 0.311 e. The molecular weight excluding hydrogens is 731 g/mol. The van der Waals surface area contributed by atoms with Crippen molar-refractivity contribution in [2.24, 2.45) is 0 Å². The Morgan fingerprint density at radius 2 is 1.12 bits per heavy atom. The van der Waals surface area contributed by atoms with Crippen LogP contribution < -0.4 is 25.5 Å². The van der Waals surface area contributed by atoms with Crippen LogP contribution in [0, 0.1) is 0 Å². The smallest absolute Gasteiger partial charge is 0.264 e. The molecule has 2 aliphatic carbocycles. The highest BCUT2D eigenvalue weighted by Gasteiger charge is 2.48. The Labute approximate surface area is 350 Å². The van der Waals surface area contributed by atoms with E-state index >= 15 is 0 Å². The van der Waals surface area contributed by atoms with Gasteiger partial charge in [-0.1, -0.05) is 130 Å². The fraction of sp³-hybridized carbons (Fsp3) is 0.385. The Kier molecular flexibility index (Phi) is 7.88. The molecule has 0 bridgehead atoms. The highest BCUT2D eigenvalue weighted by Crippen LogP contribution is 2.54. The summed E-state index contributed by atoms with van der Waals surface area (Å²) in [5.41, 5.74) is 17.8. The number of hydrogen-bond acceptors (Lipinski definition) is 3. The van der Waals surface area contributed by atoms with Gasteiger partial charge in [-0.15, -0.1) is 11.3 Å². The van der Waals surface area contributed by atoms with Crippen LogP contribution in [0.2, 0.25) is 5.02 Å². The third kappa shape index (κ3) is 5.49. The molecule has 5 aromatic carbocycles. The lowest BCUT2D eigenvalue weighted by atomic mass is 9.35. The maximum Gasteiger partial charge on any atom is 0.264 e. The van der Waals surface area contributed by atoms with Crippen molar-refractivity contribution < 1.29 is 0 Å². The van der Waals surface area contributed by atoms with Crippen molar-refractivity contribution in [1.29, 1.82) is 0 Å². The molecule has 0 spiro atoms. The third-order valence-electron chi connectivity index (χ3n) is 14.6. The van der Waals surface area contributed by atoms with Crippen LogP contribution in [0.5, 0.6) is 0 Å². The minimum Gasteiger partial charge on any atom is -0.311 e. The van der Waals surface area contributed by atoms with Crippen LogP contribution in [0.15, 0.2) is 91.0 Å². The Morgan fingerprint density at radius 1 is 0.579 bits per heavy atom. The molecule has 0 N–H and O–H groups in total. The number of rotatable bonds is 2.